The number of carbonyl (C=O) groups excluding carboxylic acids is 2. The first-order chi connectivity index (χ1) is 11.5. The summed E-state index contributed by atoms with van der Waals surface area (Å²) in [5.74, 6) is -2.45. The monoisotopic (exact) mass is 330 g/mol. The Kier molecular flexibility index (Phi) is 4.29. The van der Waals surface area contributed by atoms with Gasteiger partial charge in [0.15, 0.2) is 0 Å². The van der Waals surface area contributed by atoms with Gasteiger partial charge in [-0.15, -0.1) is 0 Å². The zero-order valence-corrected chi connectivity index (χ0v) is 12.8. The summed E-state index contributed by atoms with van der Waals surface area (Å²) >= 11 is 0. The normalized spacial score (nSPS) is 14.8. The average Bonchev–Trinajstić information content (AvgIpc) is 3.34. The first kappa shape index (κ1) is 16.1. The summed E-state index contributed by atoms with van der Waals surface area (Å²) in [7, 11) is 0. The second kappa shape index (κ2) is 6.39. The standard InChI is InChI=1S/C18H16F2N2O2/c19-13-6-4-12(5-7-13)18(8-9-18)11-21-16(23)17(24)22-15-3-1-2-14(20)10-15/h1-7,10H,8-9,11H2,(H,21,23)(H,22,24). The zero-order chi connectivity index (χ0) is 17.2. The summed E-state index contributed by atoms with van der Waals surface area (Å²) in [4.78, 5) is 23.8. The van der Waals surface area contributed by atoms with Gasteiger partial charge in [0, 0.05) is 17.6 Å². The Morgan fingerprint density at radius 2 is 1.67 bits per heavy atom. The summed E-state index contributed by atoms with van der Waals surface area (Å²) in [6.07, 6.45) is 1.73. The van der Waals surface area contributed by atoms with Crippen molar-refractivity contribution in [3.05, 3.63) is 65.7 Å². The van der Waals surface area contributed by atoms with Crippen LogP contribution in [-0.4, -0.2) is 18.4 Å². The van der Waals surface area contributed by atoms with Gasteiger partial charge in [0.05, 0.1) is 0 Å². The van der Waals surface area contributed by atoms with Crippen LogP contribution >= 0.6 is 0 Å². The number of rotatable bonds is 4. The third-order valence-corrected chi connectivity index (χ3v) is 4.19. The van der Waals surface area contributed by atoms with E-state index in [9.17, 15) is 18.4 Å². The van der Waals surface area contributed by atoms with Crippen LogP contribution in [0, 0.1) is 11.6 Å². The predicted molar refractivity (Wildman–Crippen MR) is 85.4 cm³/mol. The van der Waals surface area contributed by atoms with E-state index in [1.165, 1.54) is 30.3 Å². The van der Waals surface area contributed by atoms with Crippen molar-refractivity contribution in [3.63, 3.8) is 0 Å². The van der Waals surface area contributed by atoms with Crippen LogP contribution in [0.25, 0.3) is 0 Å². The van der Waals surface area contributed by atoms with Crippen LogP contribution in [0.4, 0.5) is 14.5 Å². The van der Waals surface area contributed by atoms with Gasteiger partial charge in [0.25, 0.3) is 0 Å². The summed E-state index contributed by atoms with van der Waals surface area (Å²) in [5, 5.41) is 4.94. The Hall–Kier alpha value is -2.76. The quantitative estimate of drug-likeness (QED) is 0.847. The van der Waals surface area contributed by atoms with Gasteiger partial charge in [-0.3, -0.25) is 9.59 Å². The SMILES string of the molecule is O=C(NCC1(c2ccc(F)cc2)CC1)C(=O)Nc1cccc(F)c1. The van der Waals surface area contributed by atoms with Crippen molar-refractivity contribution in [1.82, 2.24) is 5.32 Å². The molecule has 1 fully saturated rings. The molecule has 0 radical (unpaired) electrons. The molecule has 2 N–H and O–H groups in total. The number of halogens is 2. The topological polar surface area (TPSA) is 58.2 Å². The predicted octanol–water partition coefficient (Wildman–Crippen LogP) is 2.75. The number of anilines is 1. The van der Waals surface area contributed by atoms with E-state index in [4.69, 9.17) is 0 Å². The van der Waals surface area contributed by atoms with E-state index < -0.39 is 17.6 Å². The smallest absolute Gasteiger partial charge is 0.313 e. The van der Waals surface area contributed by atoms with Gasteiger partial charge in [-0.2, -0.15) is 0 Å². The van der Waals surface area contributed by atoms with Crippen LogP contribution in [0.5, 0.6) is 0 Å². The molecule has 1 aliphatic rings. The minimum Gasteiger partial charge on any atom is -0.347 e. The van der Waals surface area contributed by atoms with Crippen LogP contribution in [0.3, 0.4) is 0 Å². The Morgan fingerprint density at radius 1 is 0.958 bits per heavy atom. The lowest BCUT2D eigenvalue weighted by Gasteiger charge is -2.16. The molecule has 0 aromatic heterocycles. The van der Waals surface area contributed by atoms with Gasteiger partial charge >= 0.3 is 11.8 Å². The van der Waals surface area contributed by atoms with Crippen LogP contribution in [0.1, 0.15) is 18.4 Å². The Labute approximate surface area is 137 Å². The highest BCUT2D eigenvalue weighted by molar-refractivity contribution is 6.39. The van der Waals surface area contributed by atoms with Gasteiger partial charge in [-0.1, -0.05) is 18.2 Å². The first-order valence-corrected chi connectivity index (χ1v) is 7.59. The van der Waals surface area contributed by atoms with Gasteiger partial charge in [-0.25, -0.2) is 8.78 Å². The maximum atomic E-state index is 13.1. The van der Waals surface area contributed by atoms with E-state index >= 15 is 0 Å². The third-order valence-electron chi connectivity index (χ3n) is 4.19. The van der Waals surface area contributed by atoms with Gasteiger partial charge in [0.2, 0.25) is 0 Å². The summed E-state index contributed by atoms with van der Waals surface area (Å²) in [6, 6.07) is 11.5. The molecule has 0 saturated heterocycles. The molecule has 2 amide bonds. The van der Waals surface area contributed by atoms with Crippen LogP contribution in [-0.2, 0) is 15.0 Å². The maximum absolute atomic E-state index is 13.1. The lowest BCUT2D eigenvalue weighted by Crippen LogP contribution is -2.39. The molecule has 4 nitrogen and oxygen atoms in total. The minimum atomic E-state index is -0.851. The number of nitrogens with one attached hydrogen (secondary N) is 2. The molecule has 6 heteroatoms. The van der Waals surface area contributed by atoms with Gasteiger partial charge < -0.3 is 10.6 Å². The highest BCUT2D eigenvalue weighted by Crippen LogP contribution is 2.47. The molecule has 0 heterocycles. The third kappa shape index (κ3) is 3.59. The molecule has 0 aliphatic heterocycles. The molecular weight excluding hydrogens is 314 g/mol. The molecule has 2 aromatic carbocycles. The number of amides is 2. The minimum absolute atomic E-state index is 0.217. The Morgan fingerprint density at radius 3 is 2.29 bits per heavy atom. The van der Waals surface area contributed by atoms with E-state index in [0.717, 1.165) is 24.5 Å². The van der Waals surface area contributed by atoms with E-state index in [2.05, 4.69) is 10.6 Å². The number of hydrogen-bond acceptors (Lipinski definition) is 2. The first-order valence-electron chi connectivity index (χ1n) is 7.59. The van der Waals surface area contributed by atoms with Crippen molar-refractivity contribution >= 4 is 17.5 Å². The van der Waals surface area contributed by atoms with Gasteiger partial charge in [-0.05, 0) is 48.7 Å². The molecule has 2 aromatic rings. The van der Waals surface area contributed by atoms with Crippen molar-refractivity contribution in [2.75, 3.05) is 11.9 Å². The van der Waals surface area contributed by atoms with Crippen molar-refractivity contribution in [2.45, 2.75) is 18.3 Å². The molecule has 3 rings (SSSR count). The van der Waals surface area contributed by atoms with E-state index in [1.807, 2.05) is 0 Å². The van der Waals surface area contributed by atoms with Crippen molar-refractivity contribution < 1.29 is 18.4 Å². The van der Waals surface area contributed by atoms with Crippen LogP contribution < -0.4 is 10.6 Å². The van der Waals surface area contributed by atoms with E-state index in [1.54, 1.807) is 12.1 Å². The number of hydrogen-bond donors (Lipinski definition) is 2. The molecule has 124 valence electrons. The molecule has 0 bridgehead atoms. The van der Waals surface area contributed by atoms with Gasteiger partial charge in [0.1, 0.15) is 11.6 Å². The highest BCUT2D eigenvalue weighted by atomic mass is 19.1. The lowest BCUT2D eigenvalue weighted by molar-refractivity contribution is -0.136. The van der Waals surface area contributed by atoms with Crippen molar-refractivity contribution in [2.24, 2.45) is 0 Å². The second-order valence-corrected chi connectivity index (χ2v) is 5.93. The summed E-state index contributed by atoms with van der Waals surface area (Å²) in [6.45, 7) is 0.300. The average molecular weight is 330 g/mol. The number of benzene rings is 2. The fraction of sp³-hybridized carbons (Fsp3) is 0.222. The van der Waals surface area contributed by atoms with Crippen molar-refractivity contribution in [1.29, 1.82) is 0 Å². The summed E-state index contributed by atoms with van der Waals surface area (Å²) in [5.41, 5.74) is 0.923. The lowest BCUT2D eigenvalue weighted by atomic mass is 9.96. The second-order valence-electron chi connectivity index (χ2n) is 5.93. The van der Waals surface area contributed by atoms with E-state index in [0.29, 0.717) is 6.54 Å². The molecule has 0 spiro atoms. The Bertz CT molecular complexity index is 771. The largest absolute Gasteiger partial charge is 0.347 e. The summed E-state index contributed by atoms with van der Waals surface area (Å²) < 4.78 is 26.1. The van der Waals surface area contributed by atoms with E-state index in [-0.39, 0.29) is 16.9 Å². The van der Waals surface area contributed by atoms with Crippen molar-refractivity contribution in [3.8, 4) is 0 Å². The fourth-order valence-corrected chi connectivity index (χ4v) is 2.61. The molecule has 0 unspecified atom stereocenters. The highest BCUT2D eigenvalue weighted by Gasteiger charge is 2.44. The zero-order valence-electron chi connectivity index (χ0n) is 12.8. The number of carbonyl (C=O) groups is 2. The Balaban J connectivity index is 1.57. The fourth-order valence-electron chi connectivity index (χ4n) is 2.61. The molecule has 1 aliphatic carbocycles. The molecule has 1 saturated carbocycles. The molecular formula is C18H16F2N2O2. The molecule has 24 heavy (non-hydrogen) atoms. The molecule has 0 atom stereocenters. The maximum Gasteiger partial charge on any atom is 0.313 e. The van der Waals surface area contributed by atoms with Crippen LogP contribution in [0.2, 0.25) is 0 Å². The van der Waals surface area contributed by atoms with Crippen LogP contribution in [0.15, 0.2) is 48.5 Å².